The van der Waals surface area contributed by atoms with Crippen LogP contribution in [0.3, 0.4) is 0 Å². The van der Waals surface area contributed by atoms with E-state index >= 15 is 0 Å². The summed E-state index contributed by atoms with van der Waals surface area (Å²) in [4.78, 5) is 14.2. The Hall–Kier alpha value is -0.610. The van der Waals surface area contributed by atoms with Crippen molar-refractivity contribution in [2.24, 2.45) is 0 Å². The van der Waals surface area contributed by atoms with Gasteiger partial charge < -0.3 is 15.0 Å². The Bertz CT molecular complexity index is 275. The van der Waals surface area contributed by atoms with Gasteiger partial charge in [-0.2, -0.15) is 0 Å². The quantitative estimate of drug-likeness (QED) is 0.784. The maximum absolute atomic E-state index is 12.2. The van der Waals surface area contributed by atoms with E-state index < -0.39 is 0 Å². The van der Waals surface area contributed by atoms with Crippen LogP contribution >= 0.6 is 0 Å². The van der Waals surface area contributed by atoms with E-state index in [1.807, 2.05) is 6.92 Å². The first kappa shape index (κ1) is 12.8. The van der Waals surface area contributed by atoms with Crippen molar-refractivity contribution in [2.75, 3.05) is 13.2 Å². The van der Waals surface area contributed by atoms with Crippen LogP contribution in [0.15, 0.2) is 0 Å². The first-order valence-electron chi connectivity index (χ1n) is 6.80. The Morgan fingerprint density at radius 1 is 1.47 bits per heavy atom. The van der Waals surface area contributed by atoms with Crippen LogP contribution in [0.25, 0.3) is 0 Å². The van der Waals surface area contributed by atoms with Crippen molar-refractivity contribution < 1.29 is 9.53 Å². The topological polar surface area (TPSA) is 41.6 Å². The first-order valence-corrected chi connectivity index (χ1v) is 6.80. The molecule has 4 heteroatoms. The van der Waals surface area contributed by atoms with Gasteiger partial charge in [0.15, 0.2) is 0 Å². The lowest BCUT2D eigenvalue weighted by molar-refractivity contribution is -0.136. The molecule has 0 radical (unpaired) electrons. The van der Waals surface area contributed by atoms with Crippen LogP contribution in [0.1, 0.15) is 40.0 Å². The van der Waals surface area contributed by atoms with Gasteiger partial charge in [-0.15, -0.1) is 0 Å². The van der Waals surface area contributed by atoms with E-state index in [0.717, 1.165) is 32.4 Å². The zero-order chi connectivity index (χ0) is 12.4. The highest BCUT2D eigenvalue weighted by molar-refractivity contribution is 5.84. The molecule has 17 heavy (non-hydrogen) atoms. The summed E-state index contributed by atoms with van der Waals surface area (Å²) in [6, 6.07) is 0.848. The summed E-state index contributed by atoms with van der Waals surface area (Å²) < 4.78 is 5.54. The monoisotopic (exact) mass is 240 g/mol. The lowest BCUT2D eigenvalue weighted by Crippen LogP contribution is -2.51. The average molecular weight is 240 g/mol. The maximum atomic E-state index is 12.2. The van der Waals surface area contributed by atoms with Crippen molar-refractivity contribution in [1.82, 2.24) is 10.2 Å². The summed E-state index contributed by atoms with van der Waals surface area (Å²) >= 11 is 0. The number of nitrogens with zero attached hydrogens (tertiary/aromatic N) is 1. The number of nitrogens with one attached hydrogen (secondary N) is 1. The fourth-order valence-electron chi connectivity index (χ4n) is 2.79. The molecule has 1 aliphatic carbocycles. The summed E-state index contributed by atoms with van der Waals surface area (Å²) in [5.74, 6) is 0.290. The first-order chi connectivity index (χ1) is 8.11. The summed E-state index contributed by atoms with van der Waals surface area (Å²) in [6.45, 7) is 7.89. The van der Waals surface area contributed by atoms with Gasteiger partial charge in [0.25, 0.3) is 0 Å². The molecule has 1 amide bonds. The third-order valence-electron chi connectivity index (χ3n) is 3.69. The van der Waals surface area contributed by atoms with Crippen LogP contribution in [-0.2, 0) is 9.53 Å². The van der Waals surface area contributed by atoms with Crippen molar-refractivity contribution in [2.45, 2.75) is 64.3 Å². The lowest BCUT2D eigenvalue weighted by Gasteiger charge is -2.40. The minimum absolute atomic E-state index is 0.0427. The molecular weight excluding hydrogens is 216 g/mol. The molecule has 1 atom stereocenters. The van der Waals surface area contributed by atoms with Gasteiger partial charge in [0.2, 0.25) is 5.91 Å². The highest BCUT2D eigenvalue weighted by Crippen LogP contribution is 2.31. The molecule has 1 saturated carbocycles. The van der Waals surface area contributed by atoms with Gasteiger partial charge in [0, 0.05) is 25.2 Å². The number of likely N-dealkylation sites (tertiary alicyclic amines) is 1. The van der Waals surface area contributed by atoms with Crippen LogP contribution in [0, 0.1) is 0 Å². The third-order valence-corrected chi connectivity index (χ3v) is 3.69. The molecule has 0 aromatic heterocycles. The van der Waals surface area contributed by atoms with E-state index in [0.29, 0.717) is 24.1 Å². The fourth-order valence-corrected chi connectivity index (χ4v) is 2.79. The Morgan fingerprint density at radius 3 is 2.76 bits per heavy atom. The Kier molecular flexibility index (Phi) is 4.05. The second-order valence-electron chi connectivity index (χ2n) is 5.40. The van der Waals surface area contributed by atoms with Crippen molar-refractivity contribution in [3.63, 3.8) is 0 Å². The van der Waals surface area contributed by atoms with Gasteiger partial charge in [-0.1, -0.05) is 13.8 Å². The van der Waals surface area contributed by atoms with Gasteiger partial charge in [-0.05, 0) is 26.2 Å². The van der Waals surface area contributed by atoms with E-state index in [4.69, 9.17) is 4.74 Å². The third kappa shape index (κ3) is 2.80. The van der Waals surface area contributed by atoms with E-state index in [1.54, 1.807) is 0 Å². The SMILES string of the molecule is CCOC1CC(N2CCC(NC(C)C)C2=O)C1. The number of rotatable bonds is 5. The maximum Gasteiger partial charge on any atom is 0.240 e. The number of ether oxygens (including phenoxy) is 1. The molecule has 2 aliphatic rings. The van der Waals surface area contributed by atoms with Crippen LogP contribution < -0.4 is 5.32 Å². The van der Waals surface area contributed by atoms with Gasteiger partial charge in [0.05, 0.1) is 12.1 Å². The predicted molar refractivity (Wildman–Crippen MR) is 66.8 cm³/mol. The second-order valence-corrected chi connectivity index (χ2v) is 5.40. The Balaban J connectivity index is 1.79. The van der Waals surface area contributed by atoms with Gasteiger partial charge in [-0.3, -0.25) is 4.79 Å². The molecule has 1 aliphatic heterocycles. The predicted octanol–water partition coefficient (Wildman–Crippen LogP) is 1.15. The molecule has 4 nitrogen and oxygen atoms in total. The van der Waals surface area contributed by atoms with Gasteiger partial charge in [0.1, 0.15) is 0 Å². The van der Waals surface area contributed by atoms with Crippen LogP contribution in [0.4, 0.5) is 0 Å². The number of hydrogen-bond donors (Lipinski definition) is 1. The summed E-state index contributed by atoms with van der Waals surface area (Å²) in [7, 11) is 0. The number of carbonyl (C=O) groups excluding carboxylic acids is 1. The standard InChI is InChI=1S/C13H24N2O2/c1-4-17-11-7-10(8-11)15-6-5-12(13(15)16)14-9(2)3/h9-12,14H,4-8H2,1-3H3. The normalized spacial score (nSPS) is 33.3. The molecule has 2 rings (SSSR count). The summed E-state index contributed by atoms with van der Waals surface area (Å²) in [6.07, 6.45) is 3.38. The fraction of sp³-hybridized carbons (Fsp3) is 0.923. The molecule has 1 unspecified atom stereocenters. The molecule has 0 spiro atoms. The highest BCUT2D eigenvalue weighted by atomic mass is 16.5. The van der Waals surface area contributed by atoms with Crippen molar-refractivity contribution in [3.05, 3.63) is 0 Å². The summed E-state index contributed by atoms with van der Waals surface area (Å²) in [5, 5.41) is 3.34. The van der Waals surface area contributed by atoms with Crippen molar-refractivity contribution in [1.29, 1.82) is 0 Å². The van der Waals surface area contributed by atoms with E-state index in [9.17, 15) is 4.79 Å². The largest absolute Gasteiger partial charge is 0.378 e. The number of amides is 1. The minimum atomic E-state index is 0.0427. The molecule has 0 bridgehead atoms. The minimum Gasteiger partial charge on any atom is -0.378 e. The molecule has 1 saturated heterocycles. The molecular formula is C13H24N2O2. The van der Waals surface area contributed by atoms with E-state index in [2.05, 4.69) is 24.1 Å². The van der Waals surface area contributed by atoms with Gasteiger partial charge >= 0.3 is 0 Å². The van der Waals surface area contributed by atoms with Crippen LogP contribution in [-0.4, -0.2) is 48.2 Å². The molecule has 98 valence electrons. The van der Waals surface area contributed by atoms with Crippen LogP contribution in [0.5, 0.6) is 0 Å². The Labute approximate surface area is 104 Å². The zero-order valence-corrected chi connectivity index (χ0v) is 11.1. The van der Waals surface area contributed by atoms with Crippen molar-refractivity contribution in [3.8, 4) is 0 Å². The number of carbonyl (C=O) groups is 1. The second kappa shape index (κ2) is 5.36. The smallest absolute Gasteiger partial charge is 0.240 e. The molecule has 0 aromatic carbocycles. The lowest BCUT2D eigenvalue weighted by atomic mass is 9.88. The zero-order valence-electron chi connectivity index (χ0n) is 11.1. The molecule has 0 aromatic rings. The van der Waals surface area contributed by atoms with E-state index in [-0.39, 0.29) is 6.04 Å². The number of hydrogen-bond acceptors (Lipinski definition) is 3. The Morgan fingerprint density at radius 2 is 2.18 bits per heavy atom. The average Bonchev–Trinajstić information content (AvgIpc) is 2.54. The van der Waals surface area contributed by atoms with Gasteiger partial charge in [-0.25, -0.2) is 0 Å². The molecule has 1 N–H and O–H groups in total. The van der Waals surface area contributed by atoms with Crippen LogP contribution in [0.2, 0.25) is 0 Å². The molecule has 2 fully saturated rings. The summed E-state index contributed by atoms with van der Waals surface area (Å²) in [5.41, 5.74) is 0. The highest BCUT2D eigenvalue weighted by Gasteiger charge is 2.41. The van der Waals surface area contributed by atoms with Crippen molar-refractivity contribution >= 4 is 5.91 Å². The van der Waals surface area contributed by atoms with E-state index in [1.165, 1.54) is 0 Å². The molecule has 1 heterocycles.